The first kappa shape index (κ1) is 22.9. The van der Waals surface area contributed by atoms with Crippen LogP contribution >= 0.6 is 15.9 Å². The summed E-state index contributed by atoms with van der Waals surface area (Å²) < 4.78 is 12.8. The van der Waals surface area contributed by atoms with Crippen LogP contribution in [-0.4, -0.2) is 60.3 Å². The zero-order valence-electron chi connectivity index (χ0n) is 19.0. The van der Waals surface area contributed by atoms with Gasteiger partial charge in [0.2, 0.25) is 0 Å². The number of likely N-dealkylation sites (tertiary alicyclic amines) is 1. The van der Waals surface area contributed by atoms with Crippen LogP contribution in [-0.2, 0) is 11.2 Å². The summed E-state index contributed by atoms with van der Waals surface area (Å²) in [5, 5.41) is 0. The van der Waals surface area contributed by atoms with Gasteiger partial charge >= 0.3 is 6.09 Å². The number of benzene rings is 1. The van der Waals surface area contributed by atoms with E-state index in [4.69, 9.17) is 9.47 Å². The Bertz CT molecular complexity index is 742. The second-order valence-corrected chi connectivity index (χ2v) is 10.7. The van der Waals surface area contributed by atoms with Gasteiger partial charge < -0.3 is 14.4 Å². The number of amides is 1. The molecule has 1 atom stereocenters. The summed E-state index contributed by atoms with van der Waals surface area (Å²) in [7, 11) is 0. The average Bonchev–Trinajstić information content (AvgIpc) is 3.12. The third-order valence-electron chi connectivity index (χ3n) is 6.98. The van der Waals surface area contributed by atoms with Crippen LogP contribution in [0.5, 0.6) is 5.75 Å². The molecule has 5 nitrogen and oxygen atoms in total. The number of halogens is 1. The number of cyclic esters (lactones) is 1. The average molecular weight is 493 g/mol. The van der Waals surface area contributed by atoms with Crippen molar-refractivity contribution in [3.05, 3.63) is 28.2 Å². The molecular weight excluding hydrogens is 456 g/mol. The molecular formula is C25H37BrN2O3. The fraction of sp³-hybridized carbons (Fsp3) is 0.720. The highest BCUT2D eigenvalue weighted by atomic mass is 79.9. The first-order valence-corrected chi connectivity index (χ1v) is 12.9. The van der Waals surface area contributed by atoms with Crippen molar-refractivity contribution in [2.45, 2.75) is 83.5 Å². The van der Waals surface area contributed by atoms with Crippen LogP contribution in [0.15, 0.2) is 22.7 Å². The zero-order chi connectivity index (χ0) is 21.8. The molecule has 2 aliphatic heterocycles. The molecule has 0 radical (unpaired) electrons. The van der Waals surface area contributed by atoms with E-state index in [1.54, 1.807) is 0 Å². The lowest BCUT2D eigenvalue weighted by Gasteiger charge is -2.33. The molecule has 2 heterocycles. The summed E-state index contributed by atoms with van der Waals surface area (Å²) in [5.74, 6) is 1.64. The van der Waals surface area contributed by atoms with E-state index in [9.17, 15) is 4.79 Å². The molecule has 0 spiro atoms. The second-order valence-electron chi connectivity index (χ2n) is 9.82. The summed E-state index contributed by atoms with van der Waals surface area (Å²) in [6.45, 7) is 7.95. The van der Waals surface area contributed by atoms with E-state index in [-0.39, 0.29) is 18.3 Å². The highest BCUT2D eigenvalue weighted by molar-refractivity contribution is 9.10. The Morgan fingerprint density at radius 1 is 1.13 bits per heavy atom. The van der Waals surface area contributed by atoms with Crippen LogP contribution in [0.4, 0.5) is 4.79 Å². The molecule has 1 saturated carbocycles. The Labute approximate surface area is 195 Å². The fourth-order valence-electron chi connectivity index (χ4n) is 5.35. The lowest BCUT2D eigenvalue weighted by molar-refractivity contribution is 0.0896. The van der Waals surface area contributed by atoms with Crippen LogP contribution < -0.4 is 4.74 Å². The largest absolute Gasteiger partial charge is 0.491 e. The van der Waals surface area contributed by atoms with E-state index in [0.29, 0.717) is 12.0 Å². The third kappa shape index (κ3) is 6.16. The van der Waals surface area contributed by atoms with Gasteiger partial charge in [0, 0.05) is 17.1 Å². The molecule has 1 aromatic carbocycles. The van der Waals surface area contributed by atoms with E-state index in [0.717, 1.165) is 51.2 Å². The molecule has 31 heavy (non-hydrogen) atoms. The number of hydrogen-bond acceptors (Lipinski definition) is 4. The lowest BCUT2D eigenvalue weighted by Crippen LogP contribution is -2.42. The SMILES string of the molecule is CC(C)Oc1ccc(Br)c(CC2CCN(CC3CN(C4CCCCC4)C(=O)O3)CC2)c1. The van der Waals surface area contributed by atoms with Crippen molar-refractivity contribution >= 4 is 22.0 Å². The van der Waals surface area contributed by atoms with Gasteiger partial charge in [0.05, 0.1) is 12.6 Å². The molecule has 3 fully saturated rings. The van der Waals surface area contributed by atoms with E-state index >= 15 is 0 Å². The molecule has 1 aromatic rings. The molecule has 1 amide bonds. The van der Waals surface area contributed by atoms with Gasteiger partial charge in [-0.25, -0.2) is 4.79 Å². The summed E-state index contributed by atoms with van der Waals surface area (Å²) in [6, 6.07) is 6.74. The van der Waals surface area contributed by atoms with E-state index in [1.807, 2.05) is 11.0 Å². The Morgan fingerprint density at radius 2 is 1.87 bits per heavy atom. The molecule has 6 heteroatoms. The monoisotopic (exact) mass is 492 g/mol. The Morgan fingerprint density at radius 3 is 2.58 bits per heavy atom. The van der Waals surface area contributed by atoms with Crippen molar-refractivity contribution in [3.63, 3.8) is 0 Å². The van der Waals surface area contributed by atoms with Crippen LogP contribution in [0.2, 0.25) is 0 Å². The molecule has 2 saturated heterocycles. The van der Waals surface area contributed by atoms with Gasteiger partial charge in [-0.15, -0.1) is 0 Å². The third-order valence-corrected chi connectivity index (χ3v) is 7.76. The lowest BCUT2D eigenvalue weighted by atomic mass is 9.90. The van der Waals surface area contributed by atoms with Crippen molar-refractivity contribution < 1.29 is 14.3 Å². The number of rotatable bonds is 7. The predicted molar refractivity (Wildman–Crippen MR) is 127 cm³/mol. The number of ether oxygens (including phenoxy) is 2. The van der Waals surface area contributed by atoms with Crippen LogP contribution in [0.3, 0.4) is 0 Å². The number of carbonyl (C=O) groups excluding carboxylic acids is 1. The molecule has 0 aromatic heterocycles. The van der Waals surface area contributed by atoms with Gasteiger partial charge in [0.25, 0.3) is 0 Å². The zero-order valence-corrected chi connectivity index (χ0v) is 20.6. The molecule has 172 valence electrons. The minimum Gasteiger partial charge on any atom is -0.491 e. The van der Waals surface area contributed by atoms with Gasteiger partial charge in [-0.1, -0.05) is 35.2 Å². The van der Waals surface area contributed by atoms with Crippen LogP contribution in [0.25, 0.3) is 0 Å². The van der Waals surface area contributed by atoms with Crippen LogP contribution in [0, 0.1) is 5.92 Å². The fourth-order valence-corrected chi connectivity index (χ4v) is 5.76. The van der Waals surface area contributed by atoms with Gasteiger partial charge in [-0.05, 0) is 88.7 Å². The van der Waals surface area contributed by atoms with Gasteiger partial charge in [-0.3, -0.25) is 4.90 Å². The van der Waals surface area contributed by atoms with Gasteiger partial charge in [0.1, 0.15) is 11.9 Å². The topological polar surface area (TPSA) is 42.0 Å². The standard InChI is InChI=1S/C25H37BrN2O3/c1-18(2)30-22-8-9-24(26)20(15-22)14-19-10-12-27(13-11-19)16-23-17-28(25(29)31-23)21-6-4-3-5-7-21/h8-9,15,18-19,21,23H,3-7,10-14,16-17H2,1-2H3. The maximum absolute atomic E-state index is 12.4. The summed E-state index contributed by atoms with van der Waals surface area (Å²) in [6.07, 6.45) is 9.69. The van der Waals surface area contributed by atoms with Crippen molar-refractivity contribution in [1.82, 2.24) is 9.80 Å². The normalized spacial score (nSPS) is 24.1. The second kappa shape index (κ2) is 10.6. The van der Waals surface area contributed by atoms with Crippen molar-refractivity contribution in [2.75, 3.05) is 26.2 Å². The predicted octanol–water partition coefficient (Wildman–Crippen LogP) is 5.64. The van der Waals surface area contributed by atoms with E-state index in [1.165, 1.54) is 42.1 Å². The molecule has 4 rings (SSSR count). The summed E-state index contributed by atoms with van der Waals surface area (Å²) in [4.78, 5) is 16.9. The Hall–Kier alpha value is -1.27. The first-order valence-electron chi connectivity index (χ1n) is 12.1. The van der Waals surface area contributed by atoms with Crippen LogP contribution in [0.1, 0.15) is 64.4 Å². The number of nitrogens with zero attached hydrogens (tertiary/aromatic N) is 2. The minimum absolute atomic E-state index is 0.0324. The van der Waals surface area contributed by atoms with Crippen molar-refractivity contribution in [2.24, 2.45) is 5.92 Å². The number of hydrogen-bond donors (Lipinski definition) is 0. The maximum atomic E-state index is 12.4. The smallest absolute Gasteiger partial charge is 0.410 e. The quantitative estimate of drug-likeness (QED) is 0.493. The Kier molecular flexibility index (Phi) is 7.81. The molecule has 1 unspecified atom stereocenters. The first-order chi connectivity index (χ1) is 15.0. The molecule has 0 N–H and O–H groups in total. The van der Waals surface area contributed by atoms with Crippen molar-refractivity contribution in [1.29, 1.82) is 0 Å². The maximum Gasteiger partial charge on any atom is 0.410 e. The molecule has 3 aliphatic rings. The van der Waals surface area contributed by atoms with Gasteiger partial charge in [0.15, 0.2) is 0 Å². The van der Waals surface area contributed by atoms with Gasteiger partial charge in [-0.2, -0.15) is 0 Å². The number of carbonyl (C=O) groups is 1. The highest BCUT2D eigenvalue weighted by Gasteiger charge is 2.37. The Balaban J connectivity index is 1.24. The highest BCUT2D eigenvalue weighted by Crippen LogP contribution is 2.30. The van der Waals surface area contributed by atoms with E-state index < -0.39 is 0 Å². The summed E-state index contributed by atoms with van der Waals surface area (Å²) in [5.41, 5.74) is 1.34. The minimum atomic E-state index is -0.0832. The molecule has 0 bridgehead atoms. The van der Waals surface area contributed by atoms with E-state index in [2.05, 4.69) is 46.8 Å². The number of piperidine rings is 1. The molecule has 1 aliphatic carbocycles. The summed E-state index contributed by atoms with van der Waals surface area (Å²) >= 11 is 3.72. The van der Waals surface area contributed by atoms with Crippen molar-refractivity contribution in [3.8, 4) is 5.75 Å².